The summed E-state index contributed by atoms with van der Waals surface area (Å²) < 4.78 is 7.81. The smallest absolute Gasteiger partial charge is 0.225 e. The first-order chi connectivity index (χ1) is 11.6. The maximum absolute atomic E-state index is 13.0. The molecule has 0 aromatic carbocycles. The van der Waals surface area contributed by atoms with Gasteiger partial charge in [-0.05, 0) is 25.8 Å². The third kappa shape index (κ3) is 3.49. The van der Waals surface area contributed by atoms with E-state index >= 15 is 0 Å². The number of rotatable bonds is 4. The number of carbonyl (C=O) groups is 1. The highest BCUT2D eigenvalue weighted by molar-refractivity contribution is 5.79. The van der Waals surface area contributed by atoms with Crippen LogP contribution < -0.4 is 0 Å². The first-order valence-corrected chi connectivity index (χ1v) is 9.25. The van der Waals surface area contributed by atoms with Crippen LogP contribution in [-0.4, -0.2) is 64.1 Å². The van der Waals surface area contributed by atoms with Gasteiger partial charge in [-0.25, -0.2) is 4.98 Å². The van der Waals surface area contributed by atoms with E-state index in [1.54, 1.807) is 0 Å². The number of hydrogen-bond acceptors (Lipinski definition) is 4. The predicted molar refractivity (Wildman–Crippen MR) is 92.5 cm³/mol. The average Bonchev–Trinajstić information content (AvgIpc) is 3.06. The number of aromatic nitrogens is 2. The minimum Gasteiger partial charge on any atom is -0.378 e. The topological polar surface area (TPSA) is 50.6 Å². The van der Waals surface area contributed by atoms with Gasteiger partial charge in [0.15, 0.2) is 0 Å². The van der Waals surface area contributed by atoms with Gasteiger partial charge in [0.05, 0.1) is 12.1 Å². The molecule has 0 aliphatic carbocycles. The van der Waals surface area contributed by atoms with Crippen molar-refractivity contribution in [3.05, 3.63) is 18.2 Å². The standard InChI is InChI=1S/C18H30N4O2/c1-4-15-12-14(6-11-24-15)18(23)22-10-9-21(5-2)16(13-22)17-19-7-8-20(17)3/h7-8,14-16H,4-6,9-13H2,1-3H3/t14-,15+,16+/m0/s1. The Balaban J connectivity index is 1.70. The van der Waals surface area contributed by atoms with Gasteiger partial charge in [-0.3, -0.25) is 9.69 Å². The molecule has 24 heavy (non-hydrogen) atoms. The molecule has 2 aliphatic rings. The molecule has 0 saturated carbocycles. The third-order valence-electron chi connectivity index (χ3n) is 5.54. The second-order valence-electron chi connectivity index (χ2n) is 6.95. The molecule has 0 bridgehead atoms. The van der Waals surface area contributed by atoms with Crippen molar-refractivity contribution in [2.45, 2.75) is 45.3 Å². The molecule has 1 aromatic heterocycles. The van der Waals surface area contributed by atoms with Crippen molar-refractivity contribution in [1.29, 1.82) is 0 Å². The Labute approximate surface area is 144 Å². The molecule has 0 spiro atoms. The van der Waals surface area contributed by atoms with E-state index < -0.39 is 0 Å². The van der Waals surface area contributed by atoms with Crippen molar-refractivity contribution in [3.8, 4) is 0 Å². The zero-order chi connectivity index (χ0) is 17.1. The van der Waals surface area contributed by atoms with E-state index in [9.17, 15) is 4.79 Å². The molecular weight excluding hydrogens is 304 g/mol. The number of carbonyl (C=O) groups excluding carboxylic acids is 1. The van der Waals surface area contributed by atoms with Gasteiger partial charge < -0.3 is 14.2 Å². The molecule has 2 fully saturated rings. The largest absolute Gasteiger partial charge is 0.378 e. The number of aryl methyl sites for hydroxylation is 1. The lowest BCUT2D eigenvalue weighted by molar-refractivity contribution is -0.144. The van der Waals surface area contributed by atoms with Gasteiger partial charge in [0.2, 0.25) is 5.91 Å². The molecule has 6 nitrogen and oxygen atoms in total. The number of amides is 1. The van der Waals surface area contributed by atoms with Gasteiger partial charge in [0, 0.05) is 51.6 Å². The van der Waals surface area contributed by atoms with Crippen molar-refractivity contribution in [2.24, 2.45) is 13.0 Å². The Hall–Kier alpha value is -1.40. The Bertz CT molecular complexity index is 559. The molecule has 2 aliphatic heterocycles. The lowest BCUT2D eigenvalue weighted by Gasteiger charge is -2.42. The summed E-state index contributed by atoms with van der Waals surface area (Å²) in [6, 6.07) is 0.189. The SMILES string of the molecule is CC[C@@H]1C[C@@H](C(=O)N2CCN(CC)[C@@H](c3nccn3C)C2)CCO1. The number of imidazole rings is 1. The lowest BCUT2D eigenvalue weighted by Crippen LogP contribution is -2.53. The summed E-state index contributed by atoms with van der Waals surface area (Å²) in [7, 11) is 2.03. The number of hydrogen-bond donors (Lipinski definition) is 0. The minimum absolute atomic E-state index is 0.124. The number of ether oxygens (including phenoxy) is 1. The lowest BCUT2D eigenvalue weighted by atomic mass is 9.92. The van der Waals surface area contributed by atoms with E-state index in [2.05, 4.69) is 33.2 Å². The van der Waals surface area contributed by atoms with Crippen LogP contribution in [0, 0.1) is 5.92 Å². The number of nitrogens with zero attached hydrogens (tertiary/aromatic N) is 4. The molecule has 0 N–H and O–H groups in total. The molecule has 1 aromatic rings. The molecule has 3 atom stereocenters. The fraction of sp³-hybridized carbons (Fsp3) is 0.778. The maximum Gasteiger partial charge on any atom is 0.225 e. The summed E-state index contributed by atoms with van der Waals surface area (Å²) in [5.41, 5.74) is 0. The fourth-order valence-corrected chi connectivity index (χ4v) is 3.99. The van der Waals surface area contributed by atoms with Crippen LogP contribution in [0.2, 0.25) is 0 Å². The van der Waals surface area contributed by atoms with Crippen molar-refractivity contribution >= 4 is 5.91 Å². The van der Waals surface area contributed by atoms with E-state index in [-0.39, 0.29) is 18.1 Å². The van der Waals surface area contributed by atoms with E-state index in [0.29, 0.717) is 12.5 Å². The summed E-state index contributed by atoms with van der Waals surface area (Å²) in [5, 5.41) is 0. The Kier molecular flexibility index (Phi) is 5.56. The Morgan fingerprint density at radius 3 is 2.88 bits per heavy atom. The van der Waals surface area contributed by atoms with Crippen molar-refractivity contribution < 1.29 is 9.53 Å². The van der Waals surface area contributed by atoms with Gasteiger partial charge in [0.25, 0.3) is 0 Å². The highest BCUT2D eigenvalue weighted by Gasteiger charge is 2.36. The second-order valence-corrected chi connectivity index (χ2v) is 6.95. The van der Waals surface area contributed by atoms with Crippen LogP contribution in [0.25, 0.3) is 0 Å². The molecule has 0 unspecified atom stereocenters. The fourth-order valence-electron chi connectivity index (χ4n) is 3.99. The van der Waals surface area contributed by atoms with E-state index in [4.69, 9.17) is 4.74 Å². The number of likely N-dealkylation sites (N-methyl/N-ethyl adjacent to an activating group) is 1. The monoisotopic (exact) mass is 334 g/mol. The van der Waals surface area contributed by atoms with Gasteiger partial charge in [-0.1, -0.05) is 13.8 Å². The van der Waals surface area contributed by atoms with E-state index in [0.717, 1.165) is 51.3 Å². The number of piperazine rings is 1. The zero-order valence-electron chi connectivity index (χ0n) is 15.1. The summed E-state index contributed by atoms with van der Waals surface area (Å²) in [6.07, 6.45) is 6.79. The van der Waals surface area contributed by atoms with Crippen LogP contribution >= 0.6 is 0 Å². The predicted octanol–water partition coefficient (Wildman–Crippen LogP) is 1.83. The highest BCUT2D eigenvalue weighted by atomic mass is 16.5. The zero-order valence-corrected chi connectivity index (χ0v) is 15.1. The normalized spacial score (nSPS) is 29.0. The van der Waals surface area contributed by atoms with Crippen molar-refractivity contribution in [2.75, 3.05) is 32.8 Å². The van der Waals surface area contributed by atoms with E-state index in [1.165, 1.54) is 0 Å². The maximum atomic E-state index is 13.0. The van der Waals surface area contributed by atoms with Crippen molar-refractivity contribution in [1.82, 2.24) is 19.4 Å². The van der Waals surface area contributed by atoms with Crippen LogP contribution in [0.1, 0.15) is 45.0 Å². The highest BCUT2D eigenvalue weighted by Crippen LogP contribution is 2.28. The molecule has 1 amide bonds. The van der Waals surface area contributed by atoms with Crippen LogP contribution in [0.5, 0.6) is 0 Å². The van der Waals surface area contributed by atoms with Crippen LogP contribution in [-0.2, 0) is 16.6 Å². The molecular formula is C18H30N4O2. The Morgan fingerprint density at radius 2 is 2.21 bits per heavy atom. The Morgan fingerprint density at radius 1 is 1.38 bits per heavy atom. The first-order valence-electron chi connectivity index (χ1n) is 9.25. The molecule has 0 radical (unpaired) electrons. The summed E-state index contributed by atoms with van der Waals surface area (Å²) in [4.78, 5) is 22.1. The van der Waals surface area contributed by atoms with Gasteiger partial charge >= 0.3 is 0 Å². The quantitative estimate of drug-likeness (QED) is 0.843. The van der Waals surface area contributed by atoms with Crippen LogP contribution in [0.15, 0.2) is 12.4 Å². The van der Waals surface area contributed by atoms with Gasteiger partial charge in [-0.15, -0.1) is 0 Å². The summed E-state index contributed by atoms with van der Waals surface area (Å²) in [6.45, 7) is 8.49. The van der Waals surface area contributed by atoms with Gasteiger partial charge in [-0.2, -0.15) is 0 Å². The molecule has 2 saturated heterocycles. The minimum atomic E-state index is 0.124. The summed E-state index contributed by atoms with van der Waals surface area (Å²) >= 11 is 0. The molecule has 3 rings (SSSR count). The van der Waals surface area contributed by atoms with Crippen LogP contribution in [0.4, 0.5) is 0 Å². The first kappa shape index (κ1) is 17.4. The van der Waals surface area contributed by atoms with Gasteiger partial charge in [0.1, 0.15) is 5.82 Å². The van der Waals surface area contributed by atoms with Crippen LogP contribution in [0.3, 0.4) is 0 Å². The van der Waals surface area contributed by atoms with E-state index in [1.807, 2.05) is 19.4 Å². The molecule has 6 heteroatoms. The molecule has 134 valence electrons. The molecule has 3 heterocycles. The average molecular weight is 334 g/mol. The van der Waals surface area contributed by atoms with Crippen molar-refractivity contribution in [3.63, 3.8) is 0 Å². The second kappa shape index (κ2) is 7.66. The third-order valence-corrected chi connectivity index (χ3v) is 5.54. The summed E-state index contributed by atoms with van der Waals surface area (Å²) in [5.74, 6) is 1.48.